The molecule has 12 nitrogen and oxygen atoms in total. The van der Waals surface area contributed by atoms with E-state index in [0.717, 1.165) is 14.7 Å². The number of anilines is 1. The molecule has 27 heavy (non-hydrogen) atoms. The third-order valence-corrected chi connectivity index (χ3v) is 4.82. The van der Waals surface area contributed by atoms with Crippen molar-refractivity contribution in [2.75, 3.05) is 19.0 Å². The molecule has 2 heterocycles. The summed E-state index contributed by atoms with van der Waals surface area (Å²) >= 11 is 0. The second-order valence-electron chi connectivity index (χ2n) is 6.20. The van der Waals surface area contributed by atoms with Gasteiger partial charge in [0.25, 0.3) is 6.04 Å². The van der Waals surface area contributed by atoms with E-state index in [4.69, 9.17) is 5.53 Å². The molecule has 2 aliphatic heterocycles. The van der Waals surface area contributed by atoms with Crippen molar-refractivity contribution in [3.8, 4) is 0 Å². The van der Waals surface area contributed by atoms with Gasteiger partial charge in [-0.1, -0.05) is 23.3 Å². The van der Waals surface area contributed by atoms with E-state index >= 15 is 0 Å². The molecule has 0 bridgehead atoms. The minimum Gasteiger partial charge on any atom is -0.306 e. The number of hydrogen-bond donors (Lipinski definition) is 0. The molecule has 4 atom stereocenters. The Morgan fingerprint density at radius 1 is 1.15 bits per heavy atom. The fourth-order valence-corrected chi connectivity index (χ4v) is 3.59. The first-order valence-corrected chi connectivity index (χ1v) is 7.91. The zero-order valence-corrected chi connectivity index (χ0v) is 14.4. The van der Waals surface area contributed by atoms with Crippen LogP contribution in [0.2, 0.25) is 0 Å². The lowest BCUT2D eigenvalue weighted by Crippen LogP contribution is -2.74. The molecular formula is C15H15N7O5. The van der Waals surface area contributed by atoms with Crippen molar-refractivity contribution in [2.24, 2.45) is 11.0 Å². The minimum absolute atomic E-state index is 0.292. The molecule has 0 aliphatic carbocycles. The summed E-state index contributed by atoms with van der Waals surface area (Å²) in [6, 6.07) is 3.84. The highest BCUT2D eigenvalue weighted by atomic mass is 16.6. The summed E-state index contributed by atoms with van der Waals surface area (Å²) in [7, 11) is 2.61. The molecule has 0 N–H and O–H groups in total. The Hall–Kier alpha value is -3.66. The summed E-state index contributed by atoms with van der Waals surface area (Å²) < 4.78 is 0. The molecule has 4 unspecified atom stereocenters. The SMILES string of the molecule is CN1C(=O)C2C(N=[N+]=[N-])C([N+](=O)[O-])C(=O)N(c3ccccc3)C2N(C)C1=O. The normalized spacial score (nSPS) is 27.9. The highest BCUT2D eigenvalue weighted by molar-refractivity contribution is 6.05. The fraction of sp³-hybridized carbons (Fsp3) is 0.400. The van der Waals surface area contributed by atoms with E-state index in [0.29, 0.717) is 5.69 Å². The van der Waals surface area contributed by atoms with Gasteiger partial charge in [-0.25, -0.2) is 4.79 Å². The molecule has 2 saturated heterocycles. The quantitative estimate of drug-likeness (QED) is 0.252. The number of carbonyl (C=O) groups excluding carboxylic acids is 3. The number of imide groups is 1. The van der Waals surface area contributed by atoms with Crippen LogP contribution in [0.4, 0.5) is 10.5 Å². The van der Waals surface area contributed by atoms with Gasteiger partial charge in [0.2, 0.25) is 5.91 Å². The average Bonchev–Trinajstić information content (AvgIpc) is 2.65. The molecule has 0 radical (unpaired) electrons. The van der Waals surface area contributed by atoms with E-state index < -0.39 is 46.9 Å². The summed E-state index contributed by atoms with van der Waals surface area (Å²) in [4.78, 5) is 54.5. The number of piperidine rings is 1. The highest BCUT2D eigenvalue weighted by Gasteiger charge is 2.62. The van der Waals surface area contributed by atoms with Crippen LogP contribution in [0.25, 0.3) is 10.4 Å². The van der Waals surface area contributed by atoms with Crippen LogP contribution in [0.1, 0.15) is 0 Å². The van der Waals surface area contributed by atoms with Crippen molar-refractivity contribution in [3.05, 3.63) is 50.9 Å². The van der Waals surface area contributed by atoms with Gasteiger partial charge in [-0.05, 0) is 17.7 Å². The molecule has 2 aliphatic rings. The molecule has 4 amide bonds. The summed E-state index contributed by atoms with van der Waals surface area (Å²) in [5, 5.41) is 15.0. The second kappa shape index (κ2) is 6.57. The number of urea groups is 1. The van der Waals surface area contributed by atoms with E-state index in [2.05, 4.69) is 10.0 Å². The molecule has 0 aromatic heterocycles. The molecule has 140 valence electrons. The number of nitro groups is 1. The lowest BCUT2D eigenvalue weighted by atomic mass is 9.82. The van der Waals surface area contributed by atoms with E-state index in [1.807, 2.05) is 0 Å². The first-order chi connectivity index (χ1) is 12.8. The standard InChI is InChI=1S/C15H15N7O5/c1-19-12-9(13(23)20(2)15(19)25)10(17-18-16)11(22(26)27)14(24)21(12)8-6-4-3-5-7-8/h3-7,9-12H,1-2H3. The lowest BCUT2D eigenvalue weighted by molar-refractivity contribution is -0.513. The Morgan fingerprint density at radius 3 is 2.33 bits per heavy atom. The van der Waals surface area contributed by atoms with Gasteiger partial charge in [-0.3, -0.25) is 29.5 Å². The third kappa shape index (κ3) is 2.62. The molecule has 1 aromatic rings. The summed E-state index contributed by atoms with van der Waals surface area (Å²) in [6.07, 6.45) is -1.15. The molecule has 12 heteroatoms. The molecule has 1 aromatic carbocycles. The van der Waals surface area contributed by atoms with Gasteiger partial charge in [-0.2, -0.15) is 0 Å². The van der Waals surface area contributed by atoms with Crippen LogP contribution in [0.3, 0.4) is 0 Å². The van der Waals surface area contributed by atoms with Crippen LogP contribution in [0, 0.1) is 16.0 Å². The largest absolute Gasteiger partial charge is 0.327 e. The van der Waals surface area contributed by atoms with Crippen molar-refractivity contribution in [1.82, 2.24) is 9.80 Å². The Labute approximate surface area is 152 Å². The predicted octanol–water partition coefficient (Wildman–Crippen LogP) is 0.823. The maximum absolute atomic E-state index is 13.0. The first-order valence-electron chi connectivity index (χ1n) is 7.91. The first kappa shape index (κ1) is 18.1. The van der Waals surface area contributed by atoms with E-state index in [9.17, 15) is 24.5 Å². The van der Waals surface area contributed by atoms with E-state index in [-0.39, 0.29) is 0 Å². The van der Waals surface area contributed by atoms with Gasteiger partial charge >= 0.3 is 11.9 Å². The fourth-order valence-electron chi connectivity index (χ4n) is 3.59. The van der Waals surface area contributed by atoms with Crippen LogP contribution in [-0.2, 0) is 9.59 Å². The van der Waals surface area contributed by atoms with Gasteiger partial charge < -0.3 is 4.90 Å². The van der Waals surface area contributed by atoms with Gasteiger partial charge in [0.1, 0.15) is 12.2 Å². The number of rotatable bonds is 3. The van der Waals surface area contributed by atoms with Crippen LogP contribution in [0.5, 0.6) is 0 Å². The number of amides is 4. The van der Waals surface area contributed by atoms with E-state index in [1.165, 1.54) is 14.1 Å². The second-order valence-corrected chi connectivity index (χ2v) is 6.20. The molecule has 0 spiro atoms. The van der Waals surface area contributed by atoms with Crippen molar-refractivity contribution in [1.29, 1.82) is 0 Å². The number of nitrogens with zero attached hydrogens (tertiary/aromatic N) is 7. The lowest BCUT2D eigenvalue weighted by Gasteiger charge is -2.51. The Kier molecular flexibility index (Phi) is 4.42. The Morgan fingerprint density at radius 2 is 1.78 bits per heavy atom. The minimum atomic E-state index is -1.94. The zero-order chi connectivity index (χ0) is 19.9. The van der Waals surface area contributed by atoms with E-state index in [1.54, 1.807) is 30.3 Å². The molecular weight excluding hydrogens is 358 g/mol. The summed E-state index contributed by atoms with van der Waals surface area (Å²) in [5.41, 5.74) is 9.15. The summed E-state index contributed by atoms with van der Waals surface area (Å²) in [5.74, 6) is -2.98. The monoisotopic (exact) mass is 373 g/mol. The zero-order valence-electron chi connectivity index (χ0n) is 14.4. The number of carbonyl (C=O) groups is 3. The third-order valence-electron chi connectivity index (χ3n) is 4.82. The van der Waals surface area contributed by atoms with Crippen LogP contribution < -0.4 is 4.90 Å². The molecule has 2 fully saturated rings. The van der Waals surface area contributed by atoms with Crippen LogP contribution in [-0.4, -0.2) is 64.9 Å². The summed E-state index contributed by atoms with van der Waals surface area (Å²) in [6.45, 7) is 0. The topological polar surface area (TPSA) is 153 Å². The number of azide groups is 1. The maximum Gasteiger partial charge on any atom is 0.327 e. The number of hydrogen-bond acceptors (Lipinski definition) is 6. The van der Waals surface area contributed by atoms with Crippen molar-refractivity contribution in [3.63, 3.8) is 0 Å². The number of para-hydroxylation sites is 1. The highest BCUT2D eigenvalue weighted by Crippen LogP contribution is 2.38. The van der Waals surface area contributed by atoms with Gasteiger partial charge in [0, 0.05) is 29.6 Å². The predicted molar refractivity (Wildman–Crippen MR) is 90.9 cm³/mol. The molecule has 3 rings (SSSR count). The van der Waals surface area contributed by atoms with Gasteiger partial charge in [-0.15, -0.1) is 0 Å². The smallest absolute Gasteiger partial charge is 0.306 e. The number of fused-ring (bicyclic) bond motifs is 1. The van der Waals surface area contributed by atoms with Crippen molar-refractivity contribution in [2.45, 2.75) is 18.2 Å². The maximum atomic E-state index is 13.0. The Balaban J connectivity index is 2.24. The van der Waals surface area contributed by atoms with Crippen molar-refractivity contribution >= 4 is 23.5 Å². The van der Waals surface area contributed by atoms with Crippen LogP contribution >= 0.6 is 0 Å². The Bertz CT molecular complexity index is 869. The average molecular weight is 373 g/mol. The van der Waals surface area contributed by atoms with Gasteiger partial charge in [0.15, 0.2) is 0 Å². The number of benzene rings is 1. The molecule has 0 saturated carbocycles. The van der Waals surface area contributed by atoms with Crippen LogP contribution in [0.15, 0.2) is 35.4 Å². The van der Waals surface area contributed by atoms with Crippen molar-refractivity contribution < 1.29 is 19.3 Å². The van der Waals surface area contributed by atoms with Gasteiger partial charge in [0.05, 0.1) is 5.92 Å².